The first-order chi connectivity index (χ1) is 24.3. The van der Waals surface area contributed by atoms with Gasteiger partial charge in [0.2, 0.25) is 0 Å². The summed E-state index contributed by atoms with van der Waals surface area (Å²) in [5.74, 6) is 0. The highest BCUT2D eigenvalue weighted by Gasteiger charge is 2.19. The lowest BCUT2D eigenvalue weighted by Gasteiger charge is -2.17. The van der Waals surface area contributed by atoms with Crippen LogP contribution in [0.1, 0.15) is 0 Å². The minimum Gasteiger partial charge on any atom is -0.309 e. The molecule has 49 heavy (non-hydrogen) atoms. The number of para-hydroxylation sites is 2. The van der Waals surface area contributed by atoms with Gasteiger partial charge in [-0.3, -0.25) is 4.98 Å². The summed E-state index contributed by atoms with van der Waals surface area (Å²) in [4.78, 5) is 5.22. The first-order valence-electron chi connectivity index (χ1n) is 16.8. The van der Waals surface area contributed by atoms with Crippen LogP contribution < -0.4 is 0 Å². The second kappa shape index (κ2) is 11.0. The Morgan fingerprint density at radius 1 is 0.388 bits per heavy atom. The van der Waals surface area contributed by atoms with Gasteiger partial charge in [0.25, 0.3) is 0 Å². The Kier molecular flexibility index (Phi) is 6.22. The van der Waals surface area contributed by atoms with Crippen LogP contribution in [-0.4, -0.2) is 9.55 Å². The van der Waals surface area contributed by atoms with Crippen molar-refractivity contribution < 1.29 is 0 Å². The van der Waals surface area contributed by atoms with Crippen LogP contribution in [0.3, 0.4) is 0 Å². The summed E-state index contributed by atoms with van der Waals surface area (Å²) in [6, 6.07) is 63.4. The molecular weight excluding hydrogens is 593 g/mol. The molecule has 0 atom stereocenters. The molecule has 10 rings (SSSR count). The van der Waals surface area contributed by atoms with E-state index in [4.69, 9.17) is 4.98 Å². The van der Waals surface area contributed by atoms with Crippen molar-refractivity contribution in [2.24, 2.45) is 0 Å². The van der Waals surface area contributed by atoms with E-state index in [1.165, 1.54) is 70.8 Å². The minimum atomic E-state index is 0.952. The van der Waals surface area contributed by atoms with Crippen LogP contribution in [0.25, 0.3) is 93.3 Å². The molecule has 10 aromatic rings. The van der Waals surface area contributed by atoms with Gasteiger partial charge in [-0.25, -0.2) is 0 Å². The van der Waals surface area contributed by atoms with Gasteiger partial charge in [-0.1, -0.05) is 146 Å². The lowest BCUT2D eigenvalue weighted by Crippen LogP contribution is -1.96. The highest BCUT2D eigenvalue weighted by atomic mass is 15.0. The van der Waals surface area contributed by atoms with Crippen molar-refractivity contribution in [3.8, 4) is 39.2 Å². The zero-order valence-electron chi connectivity index (χ0n) is 26.7. The van der Waals surface area contributed by atoms with E-state index >= 15 is 0 Å². The van der Waals surface area contributed by atoms with Gasteiger partial charge in [0.05, 0.1) is 16.7 Å². The molecule has 0 saturated heterocycles. The van der Waals surface area contributed by atoms with Crippen molar-refractivity contribution >= 4 is 54.1 Å². The Balaban J connectivity index is 1.21. The smallest absolute Gasteiger partial charge is 0.0723 e. The summed E-state index contributed by atoms with van der Waals surface area (Å²) in [5, 5.41) is 9.89. The first kappa shape index (κ1) is 27.6. The number of benzene rings is 8. The van der Waals surface area contributed by atoms with Crippen LogP contribution >= 0.6 is 0 Å². The van der Waals surface area contributed by atoms with Crippen LogP contribution in [0.15, 0.2) is 182 Å². The predicted molar refractivity (Wildman–Crippen MR) is 207 cm³/mol. The van der Waals surface area contributed by atoms with Gasteiger partial charge < -0.3 is 4.57 Å². The molecule has 228 valence electrons. The number of hydrogen-bond donors (Lipinski definition) is 0. The Hall–Kier alpha value is -6.51. The van der Waals surface area contributed by atoms with Gasteiger partial charge in [0.1, 0.15) is 0 Å². The number of aromatic nitrogens is 2. The fourth-order valence-electron chi connectivity index (χ4n) is 7.86. The SMILES string of the molecule is c1ccc(-c2c3ccccc3c(-c3ccc(-c4cccc5c6cc7ccccc7cc6n(-c6ccccc6)c45)nc3)c3ccccc23)cc1. The van der Waals surface area contributed by atoms with E-state index < -0.39 is 0 Å². The van der Waals surface area contributed by atoms with Gasteiger partial charge in [-0.05, 0) is 79.3 Å². The third-order valence-corrected chi connectivity index (χ3v) is 9.99. The lowest BCUT2D eigenvalue weighted by atomic mass is 9.86. The Morgan fingerprint density at radius 2 is 0.939 bits per heavy atom. The first-order valence-corrected chi connectivity index (χ1v) is 16.8. The van der Waals surface area contributed by atoms with Crippen molar-refractivity contribution in [1.29, 1.82) is 0 Å². The fraction of sp³-hybridized carbons (Fsp3) is 0. The summed E-state index contributed by atoms with van der Waals surface area (Å²) in [5.41, 5.74) is 10.4. The molecule has 0 amide bonds. The summed E-state index contributed by atoms with van der Waals surface area (Å²) in [6.07, 6.45) is 2.06. The molecule has 0 bridgehead atoms. The third kappa shape index (κ3) is 4.31. The number of fused-ring (bicyclic) bond motifs is 6. The second-order valence-electron chi connectivity index (χ2n) is 12.7. The number of nitrogens with zero attached hydrogens (tertiary/aromatic N) is 2. The van der Waals surface area contributed by atoms with E-state index in [-0.39, 0.29) is 0 Å². The van der Waals surface area contributed by atoms with E-state index in [9.17, 15) is 0 Å². The standard InChI is InChI=1S/C47H30N2/c1-3-14-31(15-4-1)45-36-20-9-11-22-38(36)46(39-23-12-10-21-37(39)45)34-26-27-43(48-30-34)41-25-13-24-40-42-28-32-16-7-8-17-33(32)29-44(42)49(47(40)41)35-18-5-2-6-19-35/h1-30H. The molecule has 2 heterocycles. The summed E-state index contributed by atoms with van der Waals surface area (Å²) in [7, 11) is 0. The molecular formula is C47H30N2. The maximum Gasteiger partial charge on any atom is 0.0723 e. The zero-order chi connectivity index (χ0) is 32.3. The molecule has 2 heteroatoms. The van der Waals surface area contributed by atoms with Crippen molar-refractivity contribution in [2.45, 2.75) is 0 Å². The number of hydrogen-bond acceptors (Lipinski definition) is 1. The summed E-state index contributed by atoms with van der Waals surface area (Å²) in [6.45, 7) is 0. The minimum absolute atomic E-state index is 0.952. The van der Waals surface area contributed by atoms with Crippen molar-refractivity contribution in [1.82, 2.24) is 9.55 Å². The number of rotatable bonds is 4. The third-order valence-electron chi connectivity index (χ3n) is 9.99. The largest absolute Gasteiger partial charge is 0.309 e. The van der Waals surface area contributed by atoms with E-state index in [0.29, 0.717) is 0 Å². The Morgan fingerprint density at radius 3 is 1.57 bits per heavy atom. The van der Waals surface area contributed by atoms with Crippen LogP contribution in [0, 0.1) is 0 Å². The van der Waals surface area contributed by atoms with Crippen LogP contribution in [0.4, 0.5) is 0 Å². The molecule has 0 aliphatic carbocycles. The molecule has 0 radical (unpaired) electrons. The molecule has 8 aromatic carbocycles. The monoisotopic (exact) mass is 622 g/mol. The fourth-order valence-corrected chi connectivity index (χ4v) is 7.86. The Labute approximate surface area is 284 Å². The van der Waals surface area contributed by atoms with E-state index in [0.717, 1.165) is 22.5 Å². The predicted octanol–water partition coefficient (Wildman–Crippen LogP) is 12.6. The van der Waals surface area contributed by atoms with E-state index in [1.54, 1.807) is 0 Å². The highest BCUT2D eigenvalue weighted by Crippen LogP contribution is 2.44. The summed E-state index contributed by atoms with van der Waals surface area (Å²) < 4.78 is 2.41. The van der Waals surface area contributed by atoms with Gasteiger partial charge in [-0.2, -0.15) is 0 Å². The zero-order valence-corrected chi connectivity index (χ0v) is 26.7. The molecule has 0 aliphatic rings. The van der Waals surface area contributed by atoms with Crippen molar-refractivity contribution in [3.63, 3.8) is 0 Å². The van der Waals surface area contributed by atoms with E-state index in [2.05, 4.69) is 187 Å². The summed E-state index contributed by atoms with van der Waals surface area (Å²) >= 11 is 0. The van der Waals surface area contributed by atoms with Gasteiger partial charge in [-0.15, -0.1) is 0 Å². The van der Waals surface area contributed by atoms with Crippen molar-refractivity contribution in [3.05, 3.63) is 182 Å². The average molecular weight is 623 g/mol. The average Bonchev–Trinajstić information content (AvgIpc) is 3.50. The van der Waals surface area contributed by atoms with Crippen molar-refractivity contribution in [2.75, 3.05) is 0 Å². The highest BCUT2D eigenvalue weighted by molar-refractivity contribution is 6.21. The molecule has 2 aromatic heterocycles. The molecule has 0 spiro atoms. The van der Waals surface area contributed by atoms with Gasteiger partial charge in [0, 0.05) is 33.8 Å². The normalized spacial score (nSPS) is 11.7. The van der Waals surface area contributed by atoms with Gasteiger partial charge >= 0.3 is 0 Å². The molecule has 0 N–H and O–H groups in total. The lowest BCUT2D eigenvalue weighted by molar-refractivity contribution is 1.18. The maximum absolute atomic E-state index is 5.22. The van der Waals surface area contributed by atoms with Crippen LogP contribution in [0.5, 0.6) is 0 Å². The quantitative estimate of drug-likeness (QED) is 0.179. The Bertz CT molecular complexity index is 2790. The molecule has 0 fully saturated rings. The van der Waals surface area contributed by atoms with Gasteiger partial charge in [0.15, 0.2) is 0 Å². The molecule has 0 aliphatic heterocycles. The van der Waals surface area contributed by atoms with Crippen LogP contribution in [0.2, 0.25) is 0 Å². The number of pyridine rings is 1. The molecule has 2 nitrogen and oxygen atoms in total. The van der Waals surface area contributed by atoms with Crippen LogP contribution in [-0.2, 0) is 0 Å². The van der Waals surface area contributed by atoms with E-state index in [1.807, 2.05) is 0 Å². The second-order valence-corrected chi connectivity index (χ2v) is 12.7. The molecule has 0 saturated carbocycles. The molecule has 0 unspecified atom stereocenters. The maximum atomic E-state index is 5.22. The topological polar surface area (TPSA) is 17.8 Å².